The fourth-order valence-electron chi connectivity index (χ4n) is 5.00. The van der Waals surface area contributed by atoms with Gasteiger partial charge in [-0.15, -0.1) is 0 Å². The molecule has 1 atom stereocenters. The Bertz CT molecular complexity index is 1470. The highest BCUT2D eigenvalue weighted by molar-refractivity contribution is 5.96. The van der Waals surface area contributed by atoms with Gasteiger partial charge in [-0.1, -0.05) is 95.0 Å². The van der Waals surface area contributed by atoms with Gasteiger partial charge in [0.25, 0.3) is 5.91 Å². The number of rotatable bonds is 16. The molecule has 0 fully saturated rings. The number of carboxylic acids is 1. The van der Waals surface area contributed by atoms with E-state index in [1.54, 1.807) is 24.5 Å². The molecule has 7 heteroatoms. The van der Waals surface area contributed by atoms with Crippen LogP contribution in [0.4, 0.5) is 0 Å². The molecular formula is C37H43N3O4. The van der Waals surface area contributed by atoms with E-state index in [1.807, 2.05) is 60.7 Å². The Morgan fingerprint density at radius 1 is 0.750 bits per heavy atom. The largest absolute Gasteiger partial charge is 0.494 e. The highest BCUT2D eigenvalue weighted by Gasteiger charge is 2.21. The standard InChI is InChI=1S/C37H43N3O4/c1-4-5-6-7-8-21-44-33-19-17-29(18-20-33)32-24-38-35(39-25-32)30-13-9-28(10-14-30)23-34(37(42)43)40-36(41)31-15-11-27(12-16-31)22-26(2)3/h9-20,24-26,34H,4-8,21-23H2,1-3H3,(H,40,41)(H,42,43)/t34-/m0/s1. The van der Waals surface area contributed by atoms with E-state index in [9.17, 15) is 14.7 Å². The highest BCUT2D eigenvalue weighted by atomic mass is 16.5. The maximum Gasteiger partial charge on any atom is 0.326 e. The molecule has 1 amide bonds. The monoisotopic (exact) mass is 593 g/mol. The maximum absolute atomic E-state index is 12.8. The number of nitrogens with zero attached hydrogens (tertiary/aromatic N) is 2. The average Bonchev–Trinajstić information content (AvgIpc) is 3.03. The summed E-state index contributed by atoms with van der Waals surface area (Å²) in [5, 5.41) is 12.4. The number of benzene rings is 3. The van der Waals surface area contributed by atoms with Crippen LogP contribution in [-0.4, -0.2) is 39.6 Å². The van der Waals surface area contributed by atoms with Crippen LogP contribution in [0.5, 0.6) is 5.75 Å². The van der Waals surface area contributed by atoms with E-state index in [-0.39, 0.29) is 6.42 Å². The van der Waals surface area contributed by atoms with Crippen LogP contribution in [0, 0.1) is 5.92 Å². The number of carbonyl (C=O) groups is 2. The average molecular weight is 594 g/mol. The smallest absolute Gasteiger partial charge is 0.326 e. The van der Waals surface area contributed by atoms with Crippen LogP contribution in [0.1, 0.15) is 74.4 Å². The van der Waals surface area contributed by atoms with E-state index in [1.165, 1.54) is 25.7 Å². The fourth-order valence-corrected chi connectivity index (χ4v) is 5.00. The van der Waals surface area contributed by atoms with Crippen molar-refractivity contribution in [2.24, 2.45) is 5.92 Å². The van der Waals surface area contributed by atoms with Gasteiger partial charge in [-0.3, -0.25) is 4.79 Å². The van der Waals surface area contributed by atoms with Gasteiger partial charge in [0.2, 0.25) is 0 Å². The minimum atomic E-state index is -1.08. The van der Waals surface area contributed by atoms with E-state index in [0.29, 0.717) is 17.3 Å². The number of unbranched alkanes of at least 4 members (excludes halogenated alkanes) is 4. The molecule has 7 nitrogen and oxygen atoms in total. The number of carboxylic acid groups (broad SMARTS) is 1. The Kier molecular flexibility index (Phi) is 12.0. The summed E-state index contributed by atoms with van der Waals surface area (Å²) in [5.74, 6) is 0.467. The molecular weight excluding hydrogens is 550 g/mol. The number of amides is 1. The summed E-state index contributed by atoms with van der Waals surface area (Å²) in [6.45, 7) is 7.23. The molecule has 4 aromatic rings. The quantitative estimate of drug-likeness (QED) is 0.129. The Labute approximate surface area is 260 Å². The van der Waals surface area contributed by atoms with E-state index in [0.717, 1.165) is 53.0 Å². The van der Waals surface area contributed by atoms with Crippen LogP contribution in [0.15, 0.2) is 85.2 Å². The third-order valence-corrected chi connectivity index (χ3v) is 7.47. The maximum atomic E-state index is 12.8. The second kappa shape index (κ2) is 16.4. The summed E-state index contributed by atoms with van der Waals surface area (Å²) in [4.78, 5) is 33.8. The lowest BCUT2D eigenvalue weighted by Gasteiger charge is -2.15. The lowest BCUT2D eigenvalue weighted by atomic mass is 10.0. The predicted octanol–water partition coefficient (Wildman–Crippen LogP) is 7.78. The Hall–Kier alpha value is -4.52. The van der Waals surface area contributed by atoms with E-state index >= 15 is 0 Å². The molecule has 44 heavy (non-hydrogen) atoms. The molecule has 1 heterocycles. The Morgan fingerprint density at radius 2 is 1.34 bits per heavy atom. The van der Waals surface area contributed by atoms with Crippen molar-refractivity contribution in [2.45, 2.75) is 71.8 Å². The first-order valence-electron chi connectivity index (χ1n) is 15.6. The lowest BCUT2D eigenvalue weighted by Crippen LogP contribution is -2.42. The summed E-state index contributed by atoms with van der Waals surface area (Å²) in [5.41, 5.74) is 5.11. The van der Waals surface area contributed by atoms with Crippen LogP contribution in [0.2, 0.25) is 0 Å². The minimum absolute atomic E-state index is 0.158. The van der Waals surface area contributed by atoms with Crippen molar-refractivity contribution >= 4 is 11.9 Å². The van der Waals surface area contributed by atoms with Gasteiger partial charge in [0.05, 0.1) is 6.61 Å². The second-order valence-corrected chi connectivity index (χ2v) is 11.6. The predicted molar refractivity (Wildman–Crippen MR) is 175 cm³/mol. The van der Waals surface area contributed by atoms with Crippen LogP contribution in [0.3, 0.4) is 0 Å². The van der Waals surface area contributed by atoms with Crippen LogP contribution in [0.25, 0.3) is 22.5 Å². The number of hydrogen-bond donors (Lipinski definition) is 2. The van der Waals surface area contributed by atoms with Crippen LogP contribution in [-0.2, 0) is 17.6 Å². The molecule has 0 aliphatic carbocycles. The molecule has 0 spiro atoms. The summed E-state index contributed by atoms with van der Waals surface area (Å²) in [7, 11) is 0. The van der Waals surface area contributed by atoms with Crippen molar-refractivity contribution in [1.82, 2.24) is 15.3 Å². The number of aromatic nitrogens is 2. The van der Waals surface area contributed by atoms with Gasteiger partial charge in [0.1, 0.15) is 11.8 Å². The fraction of sp³-hybridized carbons (Fsp3) is 0.351. The van der Waals surface area contributed by atoms with E-state index < -0.39 is 17.9 Å². The highest BCUT2D eigenvalue weighted by Crippen LogP contribution is 2.24. The second-order valence-electron chi connectivity index (χ2n) is 11.6. The number of hydrogen-bond acceptors (Lipinski definition) is 5. The van der Waals surface area contributed by atoms with Crippen molar-refractivity contribution < 1.29 is 19.4 Å². The molecule has 230 valence electrons. The van der Waals surface area contributed by atoms with Crippen LogP contribution < -0.4 is 10.1 Å². The number of nitrogens with one attached hydrogen (secondary N) is 1. The van der Waals surface area contributed by atoms with Gasteiger partial charge in [-0.25, -0.2) is 14.8 Å². The summed E-state index contributed by atoms with van der Waals surface area (Å²) in [6, 6.07) is 21.7. The first-order chi connectivity index (χ1) is 21.3. The van der Waals surface area contributed by atoms with Crippen molar-refractivity contribution in [3.05, 3.63) is 102 Å². The van der Waals surface area contributed by atoms with Gasteiger partial charge >= 0.3 is 5.97 Å². The zero-order valence-corrected chi connectivity index (χ0v) is 26.0. The molecule has 0 saturated heterocycles. The minimum Gasteiger partial charge on any atom is -0.494 e. The number of aliphatic carboxylic acids is 1. The zero-order chi connectivity index (χ0) is 31.3. The van der Waals surface area contributed by atoms with Gasteiger partial charge in [-0.2, -0.15) is 0 Å². The van der Waals surface area contributed by atoms with Gasteiger partial charge in [0.15, 0.2) is 5.82 Å². The molecule has 0 radical (unpaired) electrons. The molecule has 2 N–H and O–H groups in total. The lowest BCUT2D eigenvalue weighted by molar-refractivity contribution is -0.139. The summed E-state index contributed by atoms with van der Waals surface area (Å²) in [6.07, 6.45) is 10.7. The van der Waals surface area contributed by atoms with Gasteiger partial charge in [0, 0.05) is 35.5 Å². The molecule has 0 bridgehead atoms. The molecule has 4 rings (SSSR count). The SMILES string of the molecule is CCCCCCCOc1ccc(-c2cnc(-c3ccc(C[C@H](NC(=O)c4ccc(CC(C)C)cc4)C(=O)O)cc3)nc2)cc1. The van der Waals surface area contributed by atoms with E-state index in [2.05, 4.69) is 36.1 Å². The third-order valence-electron chi connectivity index (χ3n) is 7.47. The third kappa shape index (κ3) is 9.76. The van der Waals surface area contributed by atoms with Crippen molar-refractivity contribution in [1.29, 1.82) is 0 Å². The number of ether oxygens (including phenoxy) is 1. The molecule has 0 aliphatic heterocycles. The molecule has 0 unspecified atom stereocenters. The summed E-state index contributed by atoms with van der Waals surface area (Å²) >= 11 is 0. The van der Waals surface area contributed by atoms with Crippen LogP contribution >= 0.6 is 0 Å². The topological polar surface area (TPSA) is 101 Å². The first-order valence-corrected chi connectivity index (χ1v) is 15.6. The van der Waals surface area contributed by atoms with Gasteiger partial charge < -0.3 is 15.2 Å². The normalized spacial score (nSPS) is 11.7. The van der Waals surface area contributed by atoms with E-state index in [4.69, 9.17) is 4.74 Å². The van der Waals surface area contributed by atoms with Crippen molar-refractivity contribution in [2.75, 3.05) is 6.61 Å². The molecule has 1 aromatic heterocycles. The van der Waals surface area contributed by atoms with Crippen molar-refractivity contribution in [3.63, 3.8) is 0 Å². The molecule has 0 saturated carbocycles. The zero-order valence-electron chi connectivity index (χ0n) is 26.0. The number of carbonyl (C=O) groups excluding carboxylic acids is 1. The molecule has 0 aliphatic rings. The van der Waals surface area contributed by atoms with Gasteiger partial charge in [-0.05, 0) is 59.7 Å². The first kappa shape index (κ1) is 32.4. The Balaban J connectivity index is 1.31. The Morgan fingerprint density at radius 3 is 1.95 bits per heavy atom. The molecule has 3 aromatic carbocycles. The van der Waals surface area contributed by atoms with Crippen molar-refractivity contribution in [3.8, 4) is 28.3 Å². The summed E-state index contributed by atoms with van der Waals surface area (Å²) < 4.78 is 5.87.